The number of benzene rings is 1. The number of carbonyl (C=O) groups is 1. The number of esters is 1. The molecule has 5 nitrogen and oxygen atoms in total. The van der Waals surface area contributed by atoms with Gasteiger partial charge in [-0.15, -0.1) is 0 Å². The second-order valence-electron chi connectivity index (χ2n) is 5.26. The Morgan fingerprint density at radius 1 is 1.12 bits per heavy atom. The molecule has 0 saturated carbocycles. The molecule has 6 heteroatoms. The zero-order chi connectivity index (χ0) is 16.8. The first kappa shape index (κ1) is 16.2. The minimum Gasteiger partial charge on any atom is -0.462 e. The van der Waals surface area contributed by atoms with Crippen LogP contribution in [0.3, 0.4) is 0 Å². The summed E-state index contributed by atoms with van der Waals surface area (Å²) in [6.45, 7) is 1.11. The number of carbonyl (C=O) groups excluding carboxylic acids is 1. The van der Waals surface area contributed by atoms with Gasteiger partial charge in [0.2, 0.25) is 0 Å². The molecule has 3 aromatic rings. The van der Waals surface area contributed by atoms with Crippen LogP contribution in [-0.4, -0.2) is 27.1 Å². The number of imidazole rings is 1. The average molecular weight is 342 g/mol. The largest absolute Gasteiger partial charge is 0.462 e. The van der Waals surface area contributed by atoms with E-state index in [0.29, 0.717) is 17.2 Å². The van der Waals surface area contributed by atoms with Crippen LogP contribution in [0, 0.1) is 0 Å². The van der Waals surface area contributed by atoms with E-state index in [4.69, 9.17) is 16.3 Å². The third-order valence-corrected chi connectivity index (χ3v) is 3.76. The van der Waals surface area contributed by atoms with Crippen molar-refractivity contribution in [2.24, 2.45) is 0 Å². The third-order valence-electron chi connectivity index (χ3n) is 3.50. The lowest BCUT2D eigenvalue weighted by atomic mass is 10.1. The predicted octanol–water partition coefficient (Wildman–Crippen LogP) is 3.85. The third kappa shape index (κ3) is 4.20. The number of aromatic nitrogens is 3. The van der Waals surface area contributed by atoms with Crippen molar-refractivity contribution in [3.05, 3.63) is 72.0 Å². The van der Waals surface area contributed by atoms with Crippen molar-refractivity contribution >= 4 is 17.6 Å². The average Bonchev–Trinajstić information content (AvgIpc) is 3.13. The minimum absolute atomic E-state index is 0.349. The lowest BCUT2D eigenvalue weighted by Gasteiger charge is -2.07. The van der Waals surface area contributed by atoms with Gasteiger partial charge in [-0.2, -0.15) is 0 Å². The number of hydrogen-bond donors (Lipinski definition) is 0. The molecule has 0 atom stereocenters. The molecule has 3 rings (SSSR count). The summed E-state index contributed by atoms with van der Waals surface area (Å²) in [5, 5.41) is 0.667. The first-order valence-electron chi connectivity index (χ1n) is 7.56. The zero-order valence-electron chi connectivity index (χ0n) is 12.9. The van der Waals surface area contributed by atoms with E-state index in [9.17, 15) is 4.79 Å². The quantitative estimate of drug-likeness (QED) is 0.505. The molecule has 0 fully saturated rings. The number of hydrogen-bond acceptors (Lipinski definition) is 4. The second-order valence-corrected chi connectivity index (χ2v) is 5.70. The van der Waals surface area contributed by atoms with Gasteiger partial charge < -0.3 is 9.30 Å². The van der Waals surface area contributed by atoms with Gasteiger partial charge in [0.25, 0.3) is 0 Å². The maximum absolute atomic E-state index is 12.1. The number of nitrogens with zero attached hydrogens (tertiary/aromatic N) is 3. The van der Waals surface area contributed by atoms with Gasteiger partial charge in [0, 0.05) is 41.9 Å². The predicted molar refractivity (Wildman–Crippen MR) is 91.8 cm³/mol. The van der Waals surface area contributed by atoms with Crippen LogP contribution in [0.25, 0.3) is 11.1 Å². The molecule has 2 heterocycles. The number of halogens is 1. The molecule has 0 radical (unpaired) electrons. The van der Waals surface area contributed by atoms with Crippen LogP contribution in [0.5, 0.6) is 0 Å². The first-order valence-corrected chi connectivity index (χ1v) is 7.94. The summed E-state index contributed by atoms with van der Waals surface area (Å²) in [6, 6.07) is 9.16. The van der Waals surface area contributed by atoms with Gasteiger partial charge in [0.05, 0.1) is 18.5 Å². The topological polar surface area (TPSA) is 57.0 Å². The van der Waals surface area contributed by atoms with Gasteiger partial charge in [-0.05, 0) is 30.2 Å². The van der Waals surface area contributed by atoms with Gasteiger partial charge in [0.1, 0.15) is 0 Å². The number of pyridine rings is 1. The molecular weight excluding hydrogens is 326 g/mol. The zero-order valence-corrected chi connectivity index (χ0v) is 13.7. The van der Waals surface area contributed by atoms with Crippen LogP contribution >= 0.6 is 11.6 Å². The molecule has 0 saturated heterocycles. The standard InChI is InChI=1S/C18H16ClN3O2/c19-17-4-2-14(3-5-17)15-10-16(12-21-11-15)18(23)24-9-1-7-22-8-6-20-13-22/h2-6,8,10-13H,1,7,9H2. The molecule has 0 spiro atoms. The number of aryl methyl sites for hydroxylation is 1. The van der Waals surface area contributed by atoms with E-state index in [0.717, 1.165) is 24.1 Å². The summed E-state index contributed by atoms with van der Waals surface area (Å²) in [7, 11) is 0. The molecule has 0 aliphatic rings. The molecule has 0 unspecified atom stereocenters. The smallest absolute Gasteiger partial charge is 0.339 e. The van der Waals surface area contributed by atoms with Gasteiger partial charge in [-0.3, -0.25) is 4.98 Å². The summed E-state index contributed by atoms with van der Waals surface area (Å²) in [5.41, 5.74) is 2.23. The van der Waals surface area contributed by atoms with E-state index in [-0.39, 0.29) is 5.97 Å². The highest BCUT2D eigenvalue weighted by Crippen LogP contribution is 2.21. The number of rotatable bonds is 6. The van der Waals surface area contributed by atoms with Crippen molar-refractivity contribution in [1.29, 1.82) is 0 Å². The van der Waals surface area contributed by atoms with Crippen molar-refractivity contribution < 1.29 is 9.53 Å². The Balaban J connectivity index is 1.58. The maximum Gasteiger partial charge on any atom is 0.339 e. The summed E-state index contributed by atoms with van der Waals surface area (Å²) in [6.07, 6.45) is 9.28. The van der Waals surface area contributed by atoms with Crippen molar-refractivity contribution in [2.45, 2.75) is 13.0 Å². The maximum atomic E-state index is 12.1. The Bertz CT molecular complexity index is 801. The van der Waals surface area contributed by atoms with Gasteiger partial charge in [-0.25, -0.2) is 9.78 Å². The van der Waals surface area contributed by atoms with E-state index in [1.165, 1.54) is 6.20 Å². The summed E-state index contributed by atoms with van der Waals surface area (Å²) < 4.78 is 7.24. The summed E-state index contributed by atoms with van der Waals surface area (Å²) in [5.74, 6) is -0.371. The summed E-state index contributed by atoms with van der Waals surface area (Å²) in [4.78, 5) is 20.2. The van der Waals surface area contributed by atoms with Crippen LogP contribution < -0.4 is 0 Å². The molecule has 0 bridgehead atoms. The fourth-order valence-electron chi connectivity index (χ4n) is 2.27. The lowest BCUT2D eigenvalue weighted by Crippen LogP contribution is -2.09. The molecule has 24 heavy (non-hydrogen) atoms. The Kier molecular flexibility index (Phi) is 5.23. The Labute approximate surface area is 144 Å². The normalized spacial score (nSPS) is 10.5. The second kappa shape index (κ2) is 7.75. The van der Waals surface area contributed by atoms with Crippen LogP contribution in [0.1, 0.15) is 16.8 Å². The molecule has 0 N–H and O–H groups in total. The van der Waals surface area contributed by atoms with Gasteiger partial charge in [0.15, 0.2) is 0 Å². The molecule has 0 amide bonds. The SMILES string of the molecule is O=C(OCCCn1ccnc1)c1cncc(-c2ccc(Cl)cc2)c1. The Morgan fingerprint density at radius 3 is 2.71 bits per heavy atom. The van der Waals surface area contributed by atoms with E-state index in [2.05, 4.69) is 9.97 Å². The van der Waals surface area contributed by atoms with Crippen LogP contribution in [-0.2, 0) is 11.3 Å². The molecule has 122 valence electrons. The molecular formula is C18H16ClN3O2. The Morgan fingerprint density at radius 2 is 1.96 bits per heavy atom. The van der Waals surface area contributed by atoms with Crippen LogP contribution in [0.2, 0.25) is 5.02 Å². The molecule has 0 aliphatic carbocycles. The van der Waals surface area contributed by atoms with Gasteiger partial charge >= 0.3 is 5.97 Å². The van der Waals surface area contributed by atoms with E-state index >= 15 is 0 Å². The number of ether oxygens (including phenoxy) is 1. The van der Waals surface area contributed by atoms with E-state index < -0.39 is 0 Å². The fourth-order valence-corrected chi connectivity index (χ4v) is 2.39. The first-order chi connectivity index (χ1) is 11.7. The van der Waals surface area contributed by atoms with Crippen molar-refractivity contribution in [3.63, 3.8) is 0 Å². The van der Waals surface area contributed by atoms with Crippen LogP contribution in [0.15, 0.2) is 61.4 Å². The minimum atomic E-state index is -0.371. The Hall–Kier alpha value is -2.66. The highest BCUT2D eigenvalue weighted by molar-refractivity contribution is 6.30. The monoisotopic (exact) mass is 341 g/mol. The van der Waals surface area contributed by atoms with Gasteiger partial charge in [-0.1, -0.05) is 23.7 Å². The van der Waals surface area contributed by atoms with Crippen molar-refractivity contribution in [2.75, 3.05) is 6.61 Å². The molecule has 2 aromatic heterocycles. The van der Waals surface area contributed by atoms with E-state index in [1.54, 1.807) is 36.9 Å². The fraction of sp³-hybridized carbons (Fsp3) is 0.167. The van der Waals surface area contributed by atoms with Crippen LogP contribution in [0.4, 0.5) is 0 Å². The highest BCUT2D eigenvalue weighted by atomic mass is 35.5. The van der Waals surface area contributed by atoms with E-state index in [1.807, 2.05) is 22.9 Å². The summed E-state index contributed by atoms with van der Waals surface area (Å²) >= 11 is 5.89. The van der Waals surface area contributed by atoms with Crippen molar-refractivity contribution in [1.82, 2.24) is 14.5 Å². The molecule has 1 aromatic carbocycles. The highest BCUT2D eigenvalue weighted by Gasteiger charge is 2.09. The lowest BCUT2D eigenvalue weighted by molar-refractivity contribution is 0.0495. The molecule has 0 aliphatic heterocycles. The van der Waals surface area contributed by atoms with Crippen molar-refractivity contribution in [3.8, 4) is 11.1 Å².